The molecular formula is C12H14BrF2NO2. The van der Waals surface area contributed by atoms with Crippen molar-refractivity contribution in [2.75, 3.05) is 24.6 Å². The summed E-state index contributed by atoms with van der Waals surface area (Å²) < 4.78 is 25.4. The third-order valence-corrected chi connectivity index (χ3v) is 3.06. The maximum Gasteiger partial charge on any atom is 0.255 e. The lowest BCUT2D eigenvalue weighted by atomic mass is 10.1. The van der Waals surface area contributed by atoms with E-state index in [-0.39, 0.29) is 18.9 Å². The van der Waals surface area contributed by atoms with Gasteiger partial charge in [0.2, 0.25) is 0 Å². The lowest BCUT2D eigenvalue weighted by Gasteiger charge is -2.24. The molecule has 1 aromatic carbocycles. The Hall–Kier alpha value is -1.01. The first kappa shape index (κ1) is 15.0. The average molecular weight is 322 g/mol. The third kappa shape index (κ3) is 4.03. The summed E-state index contributed by atoms with van der Waals surface area (Å²) in [5.41, 5.74) is 1.04. The van der Waals surface area contributed by atoms with Crippen LogP contribution in [0.4, 0.5) is 14.5 Å². The lowest BCUT2D eigenvalue weighted by Crippen LogP contribution is -2.31. The number of ketones is 1. The maximum absolute atomic E-state index is 12.4. The summed E-state index contributed by atoms with van der Waals surface area (Å²) >= 11 is 3.26. The smallest absolute Gasteiger partial charge is 0.255 e. The fourth-order valence-electron chi connectivity index (χ4n) is 1.58. The molecule has 0 saturated heterocycles. The first-order chi connectivity index (χ1) is 8.45. The molecule has 0 saturated carbocycles. The molecule has 0 aliphatic rings. The molecule has 0 spiro atoms. The number of aliphatic hydroxyl groups excluding tert-OH is 1. The van der Waals surface area contributed by atoms with Gasteiger partial charge >= 0.3 is 0 Å². The molecule has 0 fully saturated rings. The van der Waals surface area contributed by atoms with E-state index >= 15 is 0 Å². The fraction of sp³-hybridized carbons (Fsp3) is 0.417. The number of hydrogen-bond donors (Lipinski definition) is 1. The van der Waals surface area contributed by atoms with E-state index in [0.29, 0.717) is 15.7 Å². The Morgan fingerprint density at radius 2 is 2.17 bits per heavy atom. The predicted octanol–water partition coefficient (Wildman–Crippen LogP) is 2.72. The Morgan fingerprint density at radius 1 is 1.50 bits per heavy atom. The Kier molecular flexibility index (Phi) is 5.68. The van der Waals surface area contributed by atoms with Crippen LogP contribution in [0.25, 0.3) is 0 Å². The summed E-state index contributed by atoms with van der Waals surface area (Å²) in [6.07, 6.45) is -2.49. The van der Waals surface area contributed by atoms with Gasteiger partial charge in [-0.05, 0) is 41.1 Å². The Bertz CT molecular complexity index is 427. The number of nitrogens with zero attached hydrogens (tertiary/aromatic N) is 1. The van der Waals surface area contributed by atoms with Crippen molar-refractivity contribution in [1.82, 2.24) is 0 Å². The van der Waals surface area contributed by atoms with Crippen LogP contribution in [0.15, 0.2) is 22.7 Å². The largest absolute Gasteiger partial charge is 0.395 e. The molecule has 0 aliphatic heterocycles. The highest BCUT2D eigenvalue weighted by molar-refractivity contribution is 9.10. The van der Waals surface area contributed by atoms with Crippen LogP contribution in [-0.2, 0) is 0 Å². The molecule has 0 amide bonds. The number of aliphatic hydroxyl groups is 1. The van der Waals surface area contributed by atoms with E-state index < -0.39 is 13.0 Å². The van der Waals surface area contributed by atoms with Crippen LogP contribution in [0.2, 0.25) is 0 Å². The summed E-state index contributed by atoms with van der Waals surface area (Å²) in [7, 11) is 0. The molecular weight excluding hydrogens is 308 g/mol. The van der Waals surface area contributed by atoms with Gasteiger partial charge in [-0.2, -0.15) is 0 Å². The number of anilines is 1. The molecule has 0 heterocycles. The van der Waals surface area contributed by atoms with Crippen molar-refractivity contribution in [2.45, 2.75) is 13.3 Å². The Balaban J connectivity index is 3.01. The van der Waals surface area contributed by atoms with Gasteiger partial charge in [0, 0.05) is 16.6 Å². The number of benzene rings is 1. The zero-order chi connectivity index (χ0) is 13.7. The van der Waals surface area contributed by atoms with E-state index in [4.69, 9.17) is 5.11 Å². The number of hydrogen-bond acceptors (Lipinski definition) is 3. The van der Waals surface area contributed by atoms with Crippen LogP contribution in [0.3, 0.4) is 0 Å². The average Bonchev–Trinajstić information content (AvgIpc) is 2.27. The summed E-state index contributed by atoms with van der Waals surface area (Å²) in [5, 5.41) is 8.89. The highest BCUT2D eigenvalue weighted by Crippen LogP contribution is 2.28. The summed E-state index contributed by atoms with van der Waals surface area (Å²) in [6.45, 7) is 0.876. The number of carbonyl (C=O) groups excluding carboxylic acids is 1. The Labute approximate surface area is 113 Å². The van der Waals surface area contributed by atoms with E-state index in [9.17, 15) is 13.6 Å². The van der Waals surface area contributed by atoms with E-state index in [0.717, 1.165) is 0 Å². The molecule has 0 aromatic heterocycles. The molecule has 100 valence electrons. The number of carbonyl (C=O) groups is 1. The summed E-state index contributed by atoms with van der Waals surface area (Å²) in [5.74, 6) is -0.0928. The first-order valence-corrected chi connectivity index (χ1v) is 6.19. The molecule has 1 rings (SSSR count). The number of halogens is 3. The molecule has 0 aliphatic carbocycles. The summed E-state index contributed by atoms with van der Waals surface area (Å²) in [6, 6.07) is 4.77. The molecule has 1 aromatic rings. The molecule has 0 atom stereocenters. The zero-order valence-corrected chi connectivity index (χ0v) is 11.5. The van der Waals surface area contributed by atoms with Gasteiger partial charge in [-0.1, -0.05) is 0 Å². The number of Topliss-reactive ketones (excluding diaryl/α,β-unsaturated/α-hetero) is 1. The van der Waals surface area contributed by atoms with Gasteiger partial charge in [0.25, 0.3) is 6.43 Å². The van der Waals surface area contributed by atoms with Crippen molar-refractivity contribution in [2.24, 2.45) is 0 Å². The van der Waals surface area contributed by atoms with Gasteiger partial charge in [-0.3, -0.25) is 4.79 Å². The maximum atomic E-state index is 12.4. The summed E-state index contributed by atoms with van der Waals surface area (Å²) in [4.78, 5) is 12.6. The minimum absolute atomic E-state index is 0.0928. The highest BCUT2D eigenvalue weighted by Gasteiger charge is 2.15. The van der Waals surface area contributed by atoms with Crippen LogP contribution >= 0.6 is 15.9 Å². The van der Waals surface area contributed by atoms with Crippen molar-refractivity contribution in [3.05, 3.63) is 28.2 Å². The van der Waals surface area contributed by atoms with Crippen LogP contribution in [-0.4, -0.2) is 37.0 Å². The van der Waals surface area contributed by atoms with Crippen LogP contribution in [0.5, 0.6) is 0 Å². The van der Waals surface area contributed by atoms with Gasteiger partial charge in [-0.15, -0.1) is 0 Å². The highest BCUT2D eigenvalue weighted by atomic mass is 79.9. The SMILES string of the molecule is CC(=O)c1ccc(N(CCO)CC(F)F)c(Br)c1. The van der Waals surface area contributed by atoms with Gasteiger partial charge in [-0.25, -0.2) is 8.78 Å². The molecule has 6 heteroatoms. The van der Waals surface area contributed by atoms with Gasteiger partial charge in [0.05, 0.1) is 18.8 Å². The van der Waals surface area contributed by atoms with Crippen LogP contribution < -0.4 is 4.90 Å². The molecule has 0 unspecified atom stereocenters. The van der Waals surface area contributed by atoms with Gasteiger partial charge in [0.1, 0.15) is 0 Å². The Morgan fingerprint density at radius 3 is 2.61 bits per heavy atom. The second kappa shape index (κ2) is 6.80. The molecule has 0 bridgehead atoms. The quantitative estimate of drug-likeness (QED) is 0.819. The zero-order valence-electron chi connectivity index (χ0n) is 9.87. The molecule has 3 nitrogen and oxygen atoms in total. The normalized spacial score (nSPS) is 10.8. The predicted molar refractivity (Wildman–Crippen MR) is 69.4 cm³/mol. The van der Waals surface area contributed by atoms with Crippen molar-refractivity contribution in [1.29, 1.82) is 0 Å². The van der Waals surface area contributed by atoms with E-state index in [1.54, 1.807) is 18.2 Å². The minimum Gasteiger partial charge on any atom is -0.395 e. The second-order valence-corrected chi connectivity index (χ2v) is 4.64. The minimum atomic E-state index is -2.49. The molecule has 0 radical (unpaired) electrons. The monoisotopic (exact) mass is 321 g/mol. The van der Waals surface area contributed by atoms with Crippen LogP contribution in [0.1, 0.15) is 17.3 Å². The standard InChI is InChI=1S/C12H14BrF2NO2/c1-8(18)9-2-3-11(10(13)6-9)16(4-5-17)7-12(14)15/h2-3,6,12,17H,4-5,7H2,1H3. The lowest BCUT2D eigenvalue weighted by molar-refractivity contribution is 0.101. The van der Waals surface area contributed by atoms with E-state index in [1.165, 1.54) is 11.8 Å². The number of rotatable bonds is 6. The fourth-order valence-corrected chi connectivity index (χ4v) is 2.21. The van der Waals surface area contributed by atoms with E-state index in [2.05, 4.69) is 15.9 Å². The van der Waals surface area contributed by atoms with Crippen LogP contribution in [0, 0.1) is 0 Å². The molecule has 1 N–H and O–H groups in total. The topological polar surface area (TPSA) is 40.5 Å². The van der Waals surface area contributed by atoms with Crippen molar-refractivity contribution < 1.29 is 18.7 Å². The number of alkyl halides is 2. The van der Waals surface area contributed by atoms with E-state index in [1.807, 2.05) is 0 Å². The second-order valence-electron chi connectivity index (χ2n) is 3.78. The van der Waals surface area contributed by atoms with Gasteiger partial charge < -0.3 is 10.0 Å². The van der Waals surface area contributed by atoms with Crippen molar-refractivity contribution in [3.63, 3.8) is 0 Å². The third-order valence-electron chi connectivity index (χ3n) is 2.42. The van der Waals surface area contributed by atoms with Crippen molar-refractivity contribution in [3.8, 4) is 0 Å². The van der Waals surface area contributed by atoms with Crippen molar-refractivity contribution >= 4 is 27.4 Å². The molecule has 18 heavy (non-hydrogen) atoms. The first-order valence-electron chi connectivity index (χ1n) is 5.40. The van der Waals surface area contributed by atoms with Gasteiger partial charge in [0.15, 0.2) is 5.78 Å².